The molecule has 2 amide bonds. The topological polar surface area (TPSA) is 90.0 Å². The SMILES string of the molecule is COc1ccc(N2C(=O)[C@H]3[C@@H](C2=O)C2(O[C@H]3c3ccccc3C)C(=O)c3ccccc3C2=O)cc1. The molecule has 0 unspecified atom stereocenters. The molecule has 7 nitrogen and oxygen atoms in total. The Kier molecular flexibility index (Phi) is 4.56. The summed E-state index contributed by atoms with van der Waals surface area (Å²) in [7, 11) is 1.52. The van der Waals surface area contributed by atoms with Crippen LogP contribution >= 0.6 is 0 Å². The van der Waals surface area contributed by atoms with E-state index >= 15 is 0 Å². The van der Waals surface area contributed by atoms with Crippen LogP contribution in [-0.4, -0.2) is 36.1 Å². The maximum absolute atomic E-state index is 13.9. The molecule has 2 fully saturated rings. The first kappa shape index (κ1) is 21.4. The molecule has 0 aromatic heterocycles. The molecule has 0 N–H and O–H groups in total. The van der Waals surface area contributed by atoms with E-state index in [9.17, 15) is 19.2 Å². The summed E-state index contributed by atoms with van der Waals surface area (Å²) in [5, 5.41) is 0. The molecular weight excluding hydrogens is 446 g/mol. The Morgan fingerprint density at radius 1 is 0.800 bits per heavy atom. The Morgan fingerprint density at radius 2 is 1.40 bits per heavy atom. The summed E-state index contributed by atoms with van der Waals surface area (Å²) in [5.74, 6) is -3.96. The van der Waals surface area contributed by atoms with Crippen LogP contribution in [-0.2, 0) is 14.3 Å². The molecule has 3 aromatic carbocycles. The van der Waals surface area contributed by atoms with Crippen molar-refractivity contribution >= 4 is 29.1 Å². The number of imide groups is 1. The lowest BCUT2D eigenvalue weighted by Gasteiger charge is -2.27. The van der Waals surface area contributed by atoms with E-state index in [2.05, 4.69) is 0 Å². The zero-order valence-corrected chi connectivity index (χ0v) is 19.1. The Hall–Kier alpha value is -4.10. The quantitative estimate of drug-likeness (QED) is 0.431. The summed E-state index contributed by atoms with van der Waals surface area (Å²) in [5.41, 5.74) is 0.217. The third-order valence-electron chi connectivity index (χ3n) is 7.34. The van der Waals surface area contributed by atoms with Crippen molar-refractivity contribution in [1.82, 2.24) is 0 Å². The maximum Gasteiger partial charge on any atom is 0.241 e. The number of ether oxygens (including phenoxy) is 2. The molecule has 174 valence electrons. The molecule has 1 aliphatic carbocycles. The van der Waals surface area contributed by atoms with Gasteiger partial charge in [-0.05, 0) is 42.3 Å². The fraction of sp³-hybridized carbons (Fsp3) is 0.214. The Morgan fingerprint density at radius 3 is 2.00 bits per heavy atom. The molecule has 1 spiro atoms. The van der Waals surface area contributed by atoms with Gasteiger partial charge in [0.1, 0.15) is 5.75 Å². The number of amides is 2. The first-order valence-electron chi connectivity index (χ1n) is 11.3. The van der Waals surface area contributed by atoms with Gasteiger partial charge in [-0.15, -0.1) is 0 Å². The van der Waals surface area contributed by atoms with Gasteiger partial charge in [-0.1, -0.05) is 48.5 Å². The summed E-state index contributed by atoms with van der Waals surface area (Å²) >= 11 is 0. The van der Waals surface area contributed by atoms with E-state index in [1.54, 1.807) is 60.7 Å². The lowest BCUT2D eigenvalue weighted by molar-refractivity contribution is -0.127. The van der Waals surface area contributed by atoms with Crippen LogP contribution in [0.2, 0.25) is 0 Å². The van der Waals surface area contributed by atoms with Crippen molar-refractivity contribution < 1.29 is 28.7 Å². The fourth-order valence-corrected chi connectivity index (χ4v) is 5.69. The first-order valence-corrected chi connectivity index (χ1v) is 11.3. The van der Waals surface area contributed by atoms with E-state index in [0.29, 0.717) is 17.0 Å². The molecular formula is C28H21NO6. The average Bonchev–Trinajstić information content (AvgIpc) is 3.44. The van der Waals surface area contributed by atoms with Gasteiger partial charge in [0, 0.05) is 11.1 Å². The van der Waals surface area contributed by atoms with Gasteiger partial charge in [0.25, 0.3) is 0 Å². The third-order valence-corrected chi connectivity index (χ3v) is 7.34. The molecule has 2 heterocycles. The molecule has 6 rings (SSSR count). The summed E-state index contributed by atoms with van der Waals surface area (Å²) in [6, 6.07) is 20.3. The average molecular weight is 467 g/mol. The molecule has 0 saturated carbocycles. The summed E-state index contributed by atoms with van der Waals surface area (Å²) in [6.07, 6.45) is -0.928. The van der Waals surface area contributed by atoms with Gasteiger partial charge in [0.15, 0.2) is 0 Å². The first-order chi connectivity index (χ1) is 16.9. The van der Waals surface area contributed by atoms with Crippen molar-refractivity contribution in [2.75, 3.05) is 12.0 Å². The number of ketones is 2. The third kappa shape index (κ3) is 2.70. The molecule has 3 aromatic rings. The smallest absolute Gasteiger partial charge is 0.241 e. The van der Waals surface area contributed by atoms with Gasteiger partial charge in [-0.25, -0.2) is 4.90 Å². The number of anilines is 1. The molecule has 3 atom stereocenters. The monoisotopic (exact) mass is 467 g/mol. The van der Waals surface area contributed by atoms with Crippen LogP contribution in [0.15, 0.2) is 72.8 Å². The highest BCUT2D eigenvalue weighted by Gasteiger charge is 2.74. The highest BCUT2D eigenvalue weighted by Crippen LogP contribution is 2.58. The van der Waals surface area contributed by atoms with Crippen LogP contribution in [0.5, 0.6) is 5.75 Å². The van der Waals surface area contributed by atoms with Crippen molar-refractivity contribution in [3.63, 3.8) is 0 Å². The number of carbonyl (C=O) groups is 4. The van der Waals surface area contributed by atoms with Crippen LogP contribution in [0.3, 0.4) is 0 Å². The zero-order chi connectivity index (χ0) is 24.5. The lowest BCUT2D eigenvalue weighted by atomic mass is 9.77. The van der Waals surface area contributed by atoms with Gasteiger partial charge < -0.3 is 9.47 Å². The van der Waals surface area contributed by atoms with Crippen molar-refractivity contribution in [1.29, 1.82) is 0 Å². The second-order valence-corrected chi connectivity index (χ2v) is 9.05. The fourth-order valence-electron chi connectivity index (χ4n) is 5.69. The molecule has 3 aliphatic rings. The minimum absolute atomic E-state index is 0.213. The van der Waals surface area contributed by atoms with Crippen LogP contribution in [0.4, 0.5) is 5.69 Å². The number of rotatable bonds is 3. The van der Waals surface area contributed by atoms with Crippen LogP contribution in [0.1, 0.15) is 37.9 Å². The molecule has 0 radical (unpaired) electrons. The number of fused-ring (bicyclic) bond motifs is 3. The minimum Gasteiger partial charge on any atom is -0.497 e. The van der Waals surface area contributed by atoms with E-state index < -0.39 is 46.9 Å². The van der Waals surface area contributed by atoms with Gasteiger partial charge in [-0.2, -0.15) is 0 Å². The molecule has 2 aliphatic heterocycles. The largest absolute Gasteiger partial charge is 0.497 e. The van der Waals surface area contributed by atoms with E-state index in [1.807, 2.05) is 19.1 Å². The van der Waals surface area contributed by atoms with Crippen molar-refractivity contribution in [2.45, 2.75) is 18.6 Å². The van der Waals surface area contributed by atoms with E-state index in [4.69, 9.17) is 9.47 Å². The van der Waals surface area contributed by atoms with Crippen LogP contribution in [0.25, 0.3) is 0 Å². The molecule has 2 saturated heterocycles. The summed E-state index contributed by atoms with van der Waals surface area (Å²) in [4.78, 5) is 56.4. The second-order valence-electron chi connectivity index (χ2n) is 9.05. The predicted octanol–water partition coefficient (Wildman–Crippen LogP) is 3.70. The van der Waals surface area contributed by atoms with Crippen LogP contribution < -0.4 is 9.64 Å². The number of hydrogen-bond donors (Lipinski definition) is 0. The number of carbonyl (C=O) groups excluding carboxylic acids is 4. The highest BCUT2D eigenvalue weighted by atomic mass is 16.5. The lowest BCUT2D eigenvalue weighted by Crippen LogP contribution is -2.51. The molecule has 7 heteroatoms. The molecule has 35 heavy (non-hydrogen) atoms. The Bertz CT molecular complexity index is 1390. The van der Waals surface area contributed by atoms with E-state index in [-0.39, 0.29) is 11.1 Å². The van der Waals surface area contributed by atoms with Crippen molar-refractivity contribution in [3.8, 4) is 5.75 Å². The normalized spacial score (nSPS) is 24.3. The number of benzene rings is 3. The highest BCUT2D eigenvalue weighted by molar-refractivity contribution is 6.37. The number of nitrogens with zero attached hydrogens (tertiary/aromatic N) is 1. The Labute approximate surface area is 201 Å². The second kappa shape index (κ2) is 7.45. The zero-order valence-electron chi connectivity index (χ0n) is 19.1. The number of Topliss-reactive ketones (excluding diaryl/α,β-unsaturated/α-hetero) is 2. The van der Waals surface area contributed by atoms with E-state index in [1.165, 1.54) is 7.11 Å². The molecule has 0 bridgehead atoms. The summed E-state index contributed by atoms with van der Waals surface area (Å²) < 4.78 is 11.5. The van der Waals surface area contributed by atoms with Gasteiger partial charge in [-0.3, -0.25) is 19.2 Å². The van der Waals surface area contributed by atoms with E-state index in [0.717, 1.165) is 10.5 Å². The summed E-state index contributed by atoms with van der Waals surface area (Å²) in [6.45, 7) is 1.87. The minimum atomic E-state index is -2.07. The number of methoxy groups -OCH3 is 1. The van der Waals surface area contributed by atoms with Crippen molar-refractivity contribution in [3.05, 3.63) is 95.1 Å². The van der Waals surface area contributed by atoms with Gasteiger partial charge in [0.05, 0.1) is 30.7 Å². The van der Waals surface area contributed by atoms with Gasteiger partial charge in [0.2, 0.25) is 29.0 Å². The Balaban J connectivity index is 1.54. The standard InChI is InChI=1S/C28H21NO6/c1-15-7-3-4-8-18(15)23-21-22(27(33)29(26(21)32)16-11-13-17(34-2)14-12-16)28(35-23)24(30)19-9-5-6-10-20(19)25(28)31/h3-14,21-23H,1-2H3/t21-,22-,23-/m0/s1. The predicted molar refractivity (Wildman–Crippen MR) is 125 cm³/mol. The number of aryl methyl sites for hydroxylation is 1. The number of hydrogen-bond acceptors (Lipinski definition) is 6. The van der Waals surface area contributed by atoms with Crippen molar-refractivity contribution in [2.24, 2.45) is 11.8 Å². The maximum atomic E-state index is 13.9. The van der Waals surface area contributed by atoms with Crippen LogP contribution in [0, 0.1) is 18.8 Å². The van der Waals surface area contributed by atoms with Gasteiger partial charge >= 0.3 is 0 Å².